The van der Waals surface area contributed by atoms with Crippen molar-refractivity contribution in [2.75, 3.05) is 7.11 Å². The monoisotopic (exact) mass is 469 g/mol. The summed E-state index contributed by atoms with van der Waals surface area (Å²) in [5.41, 5.74) is 1.22. The van der Waals surface area contributed by atoms with Gasteiger partial charge in [0.1, 0.15) is 5.75 Å². The highest BCUT2D eigenvalue weighted by atomic mass is 32.2. The molecule has 0 radical (unpaired) electrons. The number of rotatable bonds is 8. The third-order valence-electron chi connectivity index (χ3n) is 5.30. The van der Waals surface area contributed by atoms with Gasteiger partial charge in [0.05, 0.1) is 24.9 Å². The summed E-state index contributed by atoms with van der Waals surface area (Å²) >= 11 is 0. The summed E-state index contributed by atoms with van der Waals surface area (Å²) < 4.78 is 35.7. The lowest BCUT2D eigenvalue weighted by Gasteiger charge is -2.10. The molecule has 0 atom stereocenters. The minimum Gasteiger partial charge on any atom is -0.497 e. The van der Waals surface area contributed by atoms with E-state index in [0.29, 0.717) is 23.5 Å². The molecule has 0 amide bonds. The van der Waals surface area contributed by atoms with E-state index in [1.165, 1.54) is 30.1 Å². The van der Waals surface area contributed by atoms with Crippen LogP contribution in [-0.4, -0.2) is 34.6 Å². The zero-order valence-corrected chi connectivity index (χ0v) is 18.9. The lowest BCUT2D eigenvalue weighted by atomic mass is 10.1. The molecule has 0 unspecified atom stereocenters. The molecule has 10 nitrogen and oxygen atoms in total. The van der Waals surface area contributed by atoms with Gasteiger partial charge in [-0.2, -0.15) is 0 Å². The number of nitrogens with zero attached hydrogens (tertiary/aromatic N) is 3. The maximum Gasteiger partial charge on any atom is 0.330 e. The van der Waals surface area contributed by atoms with Crippen LogP contribution in [0.2, 0.25) is 0 Å². The number of fused-ring (bicyclic) bond motifs is 1. The van der Waals surface area contributed by atoms with Crippen molar-refractivity contribution >= 4 is 21.2 Å². The second-order valence-electron chi connectivity index (χ2n) is 7.36. The molecule has 2 N–H and O–H groups in total. The summed E-state index contributed by atoms with van der Waals surface area (Å²) in [6.07, 6.45) is 1.54. The average molecular weight is 470 g/mol. The smallest absolute Gasteiger partial charge is 0.330 e. The summed E-state index contributed by atoms with van der Waals surface area (Å²) in [7, 11) is -2.16. The number of hydrogen-bond donors (Lipinski definition) is 2. The van der Waals surface area contributed by atoms with E-state index in [2.05, 4.69) is 14.7 Å². The van der Waals surface area contributed by atoms with E-state index >= 15 is 0 Å². The van der Waals surface area contributed by atoms with Gasteiger partial charge in [-0.25, -0.2) is 22.9 Å². The number of ether oxygens (including phenoxy) is 1. The van der Waals surface area contributed by atoms with Gasteiger partial charge >= 0.3 is 5.69 Å². The minimum atomic E-state index is -3.67. The van der Waals surface area contributed by atoms with Crippen LogP contribution in [0.4, 0.5) is 0 Å². The number of aromatic nitrogens is 4. The molecule has 0 saturated heterocycles. The number of nitrogens with one attached hydrogen (secondary N) is 2. The van der Waals surface area contributed by atoms with Gasteiger partial charge in [-0.15, -0.1) is 0 Å². The van der Waals surface area contributed by atoms with E-state index in [1.54, 1.807) is 41.0 Å². The Hall–Kier alpha value is -3.70. The van der Waals surface area contributed by atoms with E-state index in [0.717, 1.165) is 11.1 Å². The third kappa shape index (κ3) is 4.59. The summed E-state index contributed by atoms with van der Waals surface area (Å²) in [6, 6.07) is 13.3. The fraction of sp³-hybridized carbons (Fsp3) is 0.227. The second-order valence-corrected chi connectivity index (χ2v) is 9.13. The Morgan fingerprint density at radius 3 is 2.33 bits per heavy atom. The molecule has 0 fully saturated rings. The highest BCUT2D eigenvalue weighted by Gasteiger charge is 2.15. The van der Waals surface area contributed by atoms with Crippen LogP contribution in [0, 0.1) is 0 Å². The van der Waals surface area contributed by atoms with Crippen molar-refractivity contribution in [1.29, 1.82) is 0 Å². The first-order valence-electron chi connectivity index (χ1n) is 10.2. The topological polar surface area (TPSA) is 128 Å². The van der Waals surface area contributed by atoms with Gasteiger partial charge in [0.2, 0.25) is 10.0 Å². The first kappa shape index (κ1) is 22.5. The zero-order valence-electron chi connectivity index (χ0n) is 18.1. The van der Waals surface area contributed by atoms with Crippen molar-refractivity contribution < 1.29 is 13.2 Å². The Morgan fingerprint density at radius 1 is 1.03 bits per heavy atom. The molecule has 2 aromatic heterocycles. The third-order valence-corrected chi connectivity index (χ3v) is 6.71. The van der Waals surface area contributed by atoms with E-state index < -0.39 is 21.3 Å². The number of hydrogen-bond acceptors (Lipinski definition) is 6. The van der Waals surface area contributed by atoms with Crippen molar-refractivity contribution in [1.82, 2.24) is 23.8 Å². The summed E-state index contributed by atoms with van der Waals surface area (Å²) in [5, 5.41) is 0. The standard InChI is InChI=1S/C22H23N5O5S/c1-3-26-14-23-20-19(26)21(28)25-22(29)27(20)13-16-6-4-15(5-7-16)12-24-33(30,31)18-10-8-17(32-2)9-11-18/h4-11,14,24H,3,12-13H2,1-2H3,(H,25,28,29). The molecular weight excluding hydrogens is 446 g/mol. The van der Waals surface area contributed by atoms with Gasteiger partial charge in [-0.1, -0.05) is 24.3 Å². The molecule has 4 aromatic rings. The number of sulfonamides is 1. The number of H-pyrrole nitrogens is 1. The molecule has 172 valence electrons. The molecule has 0 bridgehead atoms. The molecule has 2 aromatic carbocycles. The summed E-state index contributed by atoms with van der Waals surface area (Å²) in [5.74, 6) is 0.574. The molecule has 33 heavy (non-hydrogen) atoms. The molecule has 0 spiro atoms. The zero-order chi connectivity index (χ0) is 23.6. The molecule has 0 aliphatic rings. The highest BCUT2D eigenvalue weighted by molar-refractivity contribution is 7.89. The lowest BCUT2D eigenvalue weighted by molar-refractivity contribution is 0.414. The van der Waals surface area contributed by atoms with Gasteiger partial charge in [0.25, 0.3) is 5.56 Å². The Morgan fingerprint density at radius 2 is 1.70 bits per heavy atom. The molecular formula is C22H23N5O5S. The van der Waals surface area contributed by atoms with Crippen LogP contribution in [-0.2, 0) is 29.7 Å². The lowest BCUT2D eigenvalue weighted by Crippen LogP contribution is -2.31. The number of methoxy groups -OCH3 is 1. The normalized spacial score (nSPS) is 11.7. The molecule has 4 rings (SSSR count). The molecule has 0 aliphatic carbocycles. The maximum atomic E-state index is 12.5. The highest BCUT2D eigenvalue weighted by Crippen LogP contribution is 2.16. The SMILES string of the molecule is CCn1cnc2c1c(=O)[nH]c(=O)n2Cc1ccc(CNS(=O)(=O)c2ccc(OC)cc2)cc1. The Labute approximate surface area is 189 Å². The molecule has 0 aliphatic heterocycles. The van der Waals surface area contributed by atoms with Crippen molar-refractivity contribution in [3.05, 3.63) is 86.8 Å². The predicted octanol–water partition coefficient (Wildman–Crippen LogP) is 1.44. The quantitative estimate of drug-likeness (QED) is 0.402. The van der Waals surface area contributed by atoms with Crippen LogP contribution < -0.4 is 20.7 Å². The van der Waals surface area contributed by atoms with Crippen LogP contribution in [0.25, 0.3) is 11.2 Å². The summed E-state index contributed by atoms with van der Waals surface area (Å²) in [4.78, 5) is 31.3. The van der Waals surface area contributed by atoms with Crippen molar-refractivity contribution in [2.24, 2.45) is 0 Å². The van der Waals surface area contributed by atoms with Crippen LogP contribution >= 0.6 is 0 Å². The molecule has 2 heterocycles. The Balaban J connectivity index is 1.50. The van der Waals surface area contributed by atoms with Gasteiger partial charge in [-0.05, 0) is 42.3 Å². The van der Waals surface area contributed by atoms with Gasteiger partial charge < -0.3 is 9.30 Å². The minimum absolute atomic E-state index is 0.110. The predicted molar refractivity (Wildman–Crippen MR) is 123 cm³/mol. The fourth-order valence-electron chi connectivity index (χ4n) is 3.47. The summed E-state index contributed by atoms with van der Waals surface area (Å²) in [6.45, 7) is 2.76. The van der Waals surface area contributed by atoms with E-state index in [1.807, 2.05) is 6.92 Å². The van der Waals surface area contributed by atoms with Gasteiger partial charge in [0, 0.05) is 13.1 Å². The number of aromatic amines is 1. The Bertz CT molecular complexity index is 1500. The Kier molecular flexibility index (Phi) is 6.16. The van der Waals surface area contributed by atoms with Crippen molar-refractivity contribution in [3.63, 3.8) is 0 Å². The number of benzene rings is 2. The van der Waals surface area contributed by atoms with E-state index in [-0.39, 0.29) is 18.0 Å². The molecule has 11 heteroatoms. The van der Waals surface area contributed by atoms with Gasteiger partial charge in [0.15, 0.2) is 11.2 Å². The van der Waals surface area contributed by atoms with E-state index in [4.69, 9.17) is 4.74 Å². The molecule has 0 saturated carbocycles. The van der Waals surface area contributed by atoms with Crippen LogP contribution in [0.3, 0.4) is 0 Å². The first-order chi connectivity index (χ1) is 15.8. The maximum absolute atomic E-state index is 12.5. The van der Waals surface area contributed by atoms with Crippen molar-refractivity contribution in [2.45, 2.75) is 31.5 Å². The largest absolute Gasteiger partial charge is 0.497 e. The second kappa shape index (κ2) is 9.04. The number of aryl methyl sites for hydroxylation is 1. The van der Waals surface area contributed by atoms with Crippen molar-refractivity contribution in [3.8, 4) is 5.75 Å². The van der Waals surface area contributed by atoms with Crippen LogP contribution in [0.1, 0.15) is 18.1 Å². The first-order valence-corrected chi connectivity index (χ1v) is 11.7. The van der Waals surface area contributed by atoms with Crippen LogP contribution in [0.5, 0.6) is 5.75 Å². The average Bonchev–Trinajstić information content (AvgIpc) is 3.26. The van der Waals surface area contributed by atoms with Gasteiger partial charge in [-0.3, -0.25) is 14.3 Å². The fourth-order valence-corrected chi connectivity index (χ4v) is 4.49. The number of imidazole rings is 1. The van der Waals surface area contributed by atoms with E-state index in [9.17, 15) is 18.0 Å². The van der Waals surface area contributed by atoms with Crippen LogP contribution in [0.15, 0.2) is 69.3 Å².